The molecule has 2 aromatic carbocycles. The Morgan fingerprint density at radius 2 is 1.69 bits per heavy atom. The van der Waals surface area contributed by atoms with Crippen molar-refractivity contribution in [2.75, 3.05) is 13.2 Å². The maximum absolute atomic E-state index is 12.7. The number of halogens is 1. The number of nitrogens with one attached hydrogen (secondary N) is 1. The van der Waals surface area contributed by atoms with Crippen LogP contribution in [0.4, 0.5) is 0 Å². The highest BCUT2D eigenvalue weighted by Gasteiger charge is 2.22. The number of carbonyl (C=O) groups is 1. The lowest BCUT2D eigenvalue weighted by atomic mass is 9.95. The number of rotatable bonds is 8. The van der Waals surface area contributed by atoms with Gasteiger partial charge in [0, 0.05) is 0 Å². The molecule has 1 amide bonds. The second-order valence-electron chi connectivity index (χ2n) is 6.25. The fourth-order valence-corrected chi connectivity index (χ4v) is 2.98. The molecule has 0 heterocycles. The molecule has 26 heavy (non-hydrogen) atoms. The normalized spacial score (nSPS) is 11.9. The van der Waals surface area contributed by atoms with E-state index in [1.165, 1.54) is 0 Å². The van der Waals surface area contributed by atoms with Crippen molar-refractivity contribution in [3.63, 3.8) is 0 Å². The van der Waals surface area contributed by atoms with Crippen molar-refractivity contribution < 1.29 is 14.3 Å². The highest BCUT2D eigenvalue weighted by Crippen LogP contribution is 2.33. The Kier molecular flexibility index (Phi) is 7.34. The number of benzene rings is 2. The van der Waals surface area contributed by atoms with E-state index in [4.69, 9.17) is 21.1 Å². The van der Waals surface area contributed by atoms with Crippen LogP contribution in [0, 0.1) is 5.92 Å². The Morgan fingerprint density at radius 3 is 2.31 bits per heavy atom. The molecule has 0 bridgehead atoms. The van der Waals surface area contributed by atoms with Crippen molar-refractivity contribution in [1.82, 2.24) is 5.32 Å². The van der Waals surface area contributed by atoms with E-state index in [0.29, 0.717) is 35.3 Å². The van der Waals surface area contributed by atoms with Crippen LogP contribution < -0.4 is 14.8 Å². The van der Waals surface area contributed by atoms with E-state index in [1.54, 1.807) is 24.3 Å². The van der Waals surface area contributed by atoms with Crippen LogP contribution in [-0.2, 0) is 0 Å². The quantitative estimate of drug-likeness (QED) is 0.684. The number of amides is 1. The fourth-order valence-electron chi connectivity index (χ4n) is 2.76. The molecule has 1 atom stereocenters. The number of hydrogen-bond donors (Lipinski definition) is 1. The van der Waals surface area contributed by atoms with Crippen molar-refractivity contribution in [1.29, 1.82) is 0 Å². The standard InChI is InChI=1S/C21H26ClNO3/c1-5-25-18-12-11-15(13-19(18)26-6-2)20(14(3)4)23-21(24)16-9-7-8-10-17(16)22/h7-14,20H,5-6H2,1-4H3,(H,23,24). The Hall–Kier alpha value is -2.20. The third-order valence-corrected chi connectivity index (χ3v) is 4.33. The smallest absolute Gasteiger partial charge is 0.253 e. The van der Waals surface area contributed by atoms with Gasteiger partial charge in [-0.15, -0.1) is 0 Å². The maximum atomic E-state index is 12.7. The van der Waals surface area contributed by atoms with Crippen molar-refractivity contribution >= 4 is 17.5 Å². The third kappa shape index (κ3) is 4.92. The zero-order chi connectivity index (χ0) is 19.1. The zero-order valence-electron chi connectivity index (χ0n) is 15.7. The van der Waals surface area contributed by atoms with Gasteiger partial charge in [0.05, 0.1) is 29.8 Å². The average molecular weight is 376 g/mol. The van der Waals surface area contributed by atoms with Crippen LogP contribution in [0.3, 0.4) is 0 Å². The molecule has 4 nitrogen and oxygen atoms in total. The number of carbonyl (C=O) groups excluding carboxylic acids is 1. The van der Waals surface area contributed by atoms with Gasteiger partial charge in [-0.1, -0.05) is 43.6 Å². The second kappa shape index (κ2) is 9.48. The van der Waals surface area contributed by atoms with Gasteiger partial charge < -0.3 is 14.8 Å². The van der Waals surface area contributed by atoms with Crippen LogP contribution in [0.5, 0.6) is 11.5 Å². The van der Waals surface area contributed by atoms with Crippen molar-refractivity contribution in [2.45, 2.75) is 33.7 Å². The van der Waals surface area contributed by atoms with Gasteiger partial charge in [-0.2, -0.15) is 0 Å². The summed E-state index contributed by atoms with van der Waals surface area (Å²) in [6.45, 7) is 9.10. The SMILES string of the molecule is CCOc1ccc(C(NC(=O)c2ccccc2Cl)C(C)C)cc1OCC. The minimum absolute atomic E-state index is 0.173. The van der Waals surface area contributed by atoms with Gasteiger partial charge in [-0.25, -0.2) is 0 Å². The Morgan fingerprint density at radius 1 is 1.04 bits per heavy atom. The lowest BCUT2D eigenvalue weighted by Gasteiger charge is -2.24. The van der Waals surface area contributed by atoms with Gasteiger partial charge in [0.25, 0.3) is 5.91 Å². The highest BCUT2D eigenvalue weighted by atomic mass is 35.5. The molecule has 0 saturated carbocycles. The molecule has 0 saturated heterocycles. The van der Waals surface area contributed by atoms with Gasteiger partial charge in [-0.3, -0.25) is 4.79 Å². The maximum Gasteiger partial charge on any atom is 0.253 e. The van der Waals surface area contributed by atoms with E-state index in [9.17, 15) is 4.79 Å². The van der Waals surface area contributed by atoms with Crippen LogP contribution in [-0.4, -0.2) is 19.1 Å². The largest absolute Gasteiger partial charge is 0.490 e. The molecule has 1 N–H and O–H groups in total. The van der Waals surface area contributed by atoms with Gasteiger partial charge in [0.15, 0.2) is 11.5 Å². The molecule has 140 valence electrons. The van der Waals surface area contributed by atoms with Crippen LogP contribution in [0.25, 0.3) is 0 Å². The molecule has 2 rings (SSSR count). The Labute approximate surface area is 160 Å². The monoisotopic (exact) mass is 375 g/mol. The molecular weight excluding hydrogens is 350 g/mol. The van der Waals surface area contributed by atoms with E-state index in [2.05, 4.69) is 19.2 Å². The molecule has 5 heteroatoms. The summed E-state index contributed by atoms with van der Waals surface area (Å²) in [6, 6.07) is 12.7. The van der Waals surface area contributed by atoms with Gasteiger partial charge in [-0.05, 0) is 49.6 Å². The summed E-state index contributed by atoms with van der Waals surface area (Å²) in [5.41, 5.74) is 1.43. The summed E-state index contributed by atoms with van der Waals surface area (Å²) >= 11 is 6.15. The minimum Gasteiger partial charge on any atom is -0.490 e. The summed E-state index contributed by atoms with van der Waals surface area (Å²) < 4.78 is 11.3. The van der Waals surface area contributed by atoms with Crippen LogP contribution in [0.15, 0.2) is 42.5 Å². The van der Waals surface area contributed by atoms with E-state index < -0.39 is 0 Å². The van der Waals surface area contributed by atoms with E-state index in [-0.39, 0.29) is 17.9 Å². The van der Waals surface area contributed by atoms with E-state index >= 15 is 0 Å². The molecule has 0 fully saturated rings. The minimum atomic E-state index is -0.193. The zero-order valence-corrected chi connectivity index (χ0v) is 16.5. The third-order valence-electron chi connectivity index (χ3n) is 4.00. The van der Waals surface area contributed by atoms with Gasteiger partial charge >= 0.3 is 0 Å². The molecule has 0 spiro atoms. The Bertz CT molecular complexity index is 746. The van der Waals surface area contributed by atoms with E-state index in [1.807, 2.05) is 32.0 Å². The van der Waals surface area contributed by atoms with Crippen molar-refractivity contribution in [2.24, 2.45) is 5.92 Å². The summed E-state index contributed by atoms with van der Waals surface area (Å²) in [7, 11) is 0. The first kappa shape index (κ1) is 20.1. The summed E-state index contributed by atoms with van der Waals surface area (Å²) in [4.78, 5) is 12.7. The van der Waals surface area contributed by atoms with Crippen molar-refractivity contribution in [3.05, 3.63) is 58.6 Å². The predicted molar refractivity (Wildman–Crippen MR) is 105 cm³/mol. The molecular formula is C21H26ClNO3. The lowest BCUT2D eigenvalue weighted by molar-refractivity contribution is 0.0925. The summed E-state index contributed by atoms with van der Waals surface area (Å²) in [6.07, 6.45) is 0. The summed E-state index contributed by atoms with van der Waals surface area (Å²) in [5, 5.41) is 3.53. The molecule has 0 radical (unpaired) electrons. The highest BCUT2D eigenvalue weighted by molar-refractivity contribution is 6.33. The fraction of sp³-hybridized carbons (Fsp3) is 0.381. The number of hydrogen-bond acceptors (Lipinski definition) is 3. The summed E-state index contributed by atoms with van der Waals surface area (Å²) in [5.74, 6) is 1.39. The average Bonchev–Trinajstić information content (AvgIpc) is 2.61. The lowest BCUT2D eigenvalue weighted by Crippen LogP contribution is -2.32. The first-order valence-corrected chi connectivity index (χ1v) is 9.30. The van der Waals surface area contributed by atoms with Crippen molar-refractivity contribution in [3.8, 4) is 11.5 Å². The molecule has 0 aromatic heterocycles. The van der Waals surface area contributed by atoms with Crippen LogP contribution in [0.2, 0.25) is 5.02 Å². The molecule has 0 aliphatic carbocycles. The molecule has 2 aromatic rings. The van der Waals surface area contributed by atoms with Crippen LogP contribution >= 0.6 is 11.6 Å². The number of ether oxygens (including phenoxy) is 2. The topological polar surface area (TPSA) is 47.6 Å². The van der Waals surface area contributed by atoms with Gasteiger partial charge in [0.2, 0.25) is 0 Å². The second-order valence-corrected chi connectivity index (χ2v) is 6.65. The Balaban J connectivity index is 2.30. The predicted octanol–water partition coefficient (Wildman–Crippen LogP) is 5.26. The first-order valence-electron chi connectivity index (χ1n) is 8.92. The van der Waals surface area contributed by atoms with Crippen LogP contribution in [0.1, 0.15) is 49.7 Å². The molecule has 0 aliphatic rings. The van der Waals surface area contributed by atoms with Gasteiger partial charge in [0.1, 0.15) is 0 Å². The molecule has 0 aliphatic heterocycles. The van der Waals surface area contributed by atoms with E-state index in [0.717, 1.165) is 5.56 Å². The first-order chi connectivity index (χ1) is 12.5. The molecule has 1 unspecified atom stereocenters.